The van der Waals surface area contributed by atoms with Crippen molar-refractivity contribution in [2.45, 2.75) is 6.92 Å². The maximum absolute atomic E-state index is 14.3. The van der Waals surface area contributed by atoms with E-state index in [2.05, 4.69) is 10.3 Å². The number of carbonyl (C=O) groups excluding carboxylic acids is 1. The first-order valence-corrected chi connectivity index (χ1v) is 7.92. The minimum Gasteiger partial charge on any atom is -0.402 e. The Morgan fingerprint density at radius 2 is 2.12 bits per heavy atom. The third-order valence-corrected chi connectivity index (χ3v) is 4.12. The topological polar surface area (TPSA) is 96.3 Å². The Hall–Kier alpha value is -3.48. The summed E-state index contributed by atoms with van der Waals surface area (Å²) in [6.07, 6.45) is 4.64. The highest BCUT2D eigenvalue weighted by atomic mass is 19.1. The fourth-order valence-electron chi connectivity index (χ4n) is 2.77. The summed E-state index contributed by atoms with van der Waals surface area (Å²) >= 11 is 0. The number of nitrogens with two attached hydrogens (primary N) is 1. The predicted octanol–water partition coefficient (Wildman–Crippen LogP) is 2.84. The summed E-state index contributed by atoms with van der Waals surface area (Å²) in [4.78, 5) is 16.0. The lowest BCUT2D eigenvalue weighted by atomic mass is 10.1. The number of benzene rings is 1. The van der Waals surface area contributed by atoms with Crippen molar-refractivity contribution in [3.8, 4) is 11.3 Å². The Kier molecular flexibility index (Phi) is 4.53. The second-order valence-electron chi connectivity index (χ2n) is 5.80. The predicted molar refractivity (Wildman–Crippen MR) is 99.5 cm³/mol. The fourth-order valence-corrected chi connectivity index (χ4v) is 2.77. The number of halogens is 1. The minimum absolute atomic E-state index is 0.0152. The Balaban J connectivity index is 2.14. The van der Waals surface area contributed by atoms with Crippen LogP contribution in [0.3, 0.4) is 0 Å². The lowest BCUT2D eigenvalue weighted by molar-refractivity contribution is 0.0959. The van der Waals surface area contributed by atoms with Gasteiger partial charge in [-0.2, -0.15) is 0 Å². The van der Waals surface area contributed by atoms with Gasteiger partial charge in [0.1, 0.15) is 11.5 Å². The Morgan fingerprint density at radius 3 is 2.73 bits per heavy atom. The lowest BCUT2D eigenvalue weighted by Crippen LogP contribution is -2.19. The number of fused-ring (bicyclic) bond motifs is 1. The number of rotatable bonds is 4. The van der Waals surface area contributed by atoms with Gasteiger partial charge in [-0.3, -0.25) is 9.20 Å². The van der Waals surface area contributed by atoms with Gasteiger partial charge in [0.25, 0.3) is 5.91 Å². The Morgan fingerprint density at radius 1 is 1.35 bits per heavy atom. The molecule has 7 heteroatoms. The molecule has 1 amide bonds. The van der Waals surface area contributed by atoms with Crippen LogP contribution in [0.15, 0.2) is 48.4 Å². The van der Waals surface area contributed by atoms with Gasteiger partial charge in [-0.05, 0) is 31.2 Å². The molecule has 0 fully saturated rings. The molecular formula is C19H18FN5O. The van der Waals surface area contributed by atoms with E-state index in [1.54, 1.807) is 35.9 Å². The van der Waals surface area contributed by atoms with Gasteiger partial charge in [0, 0.05) is 41.9 Å². The average Bonchev–Trinajstić information content (AvgIpc) is 3.04. The van der Waals surface area contributed by atoms with Crippen LogP contribution >= 0.6 is 0 Å². The maximum Gasteiger partial charge on any atom is 0.253 e. The fraction of sp³-hybridized carbons (Fsp3) is 0.105. The SMILES string of the molecule is CNC(=O)c1ccc(-c2cnc3ccc(C(C=N)=C(C)N)cn23)cc1F. The molecule has 0 bridgehead atoms. The quantitative estimate of drug-likeness (QED) is 0.631. The van der Waals surface area contributed by atoms with Crippen LogP contribution in [-0.2, 0) is 0 Å². The molecule has 1 aromatic carbocycles. The van der Waals surface area contributed by atoms with Gasteiger partial charge >= 0.3 is 0 Å². The van der Waals surface area contributed by atoms with E-state index in [4.69, 9.17) is 11.1 Å². The van der Waals surface area contributed by atoms with E-state index in [0.717, 1.165) is 5.56 Å². The van der Waals surface area contributed by atoms with Crippen molar-refractivity contribution in [3.05, 3.63) is 65.4 Å². The standard InChI is InChI=1S/C19H18FN5O/c1-11(22)15(8-21)13-4-6-18-24-9-17(25(18)10-13)12-3-5-14(16(20)7-12)19(26)23-2/h3-10,21H,22H2,1-2H3,(H,23,26). The first-order chi connectivity index (χ1) is 12.5. The molecule has 2 aromatic heterocycles. The van der Waals surface area contributed by atoms with Crippen LogP contribution in [0.1, 0.15) is 22.8 Å². The van der Waals surface area contributed by atoms with Gasteiger partial charge in [-0.15, -0.1) is 0 Å². The number of amides is 1. The average molecular weight is 351 g/mol. The molecular weight excluding hydrogens is 333 g/mol. The van der Waals surface area contributed by atoms with Crippen LogP contribution in [0, 0.1) is 11.2 Å². The van der Waals surface area contributed by atoms with Gasteiger partial charge in [-0.25, -0.2) is 9.37 Å². The van der Waals surface area contributed by atoms with Crippen molar-refractivity contribution in [1.29, 1.82) is 5.41 Å². The molecule has 0 atom stereocenters. The molecule has 0 aliphatic rings. The highest BCUT2D eigenvalue weighted by molar-refractivity contribution is 6.09. The highest BCUT2D eigenvalue weighted by Crippen LogP contribution is 2.25. The van der Waals surface area contributed by atoms with Crippen molar-refractivity contribution in [3.63, 3.8) is 0 Å². The second kappa shape index (κ2) is 6.79. The maximum atomic E-state index is 14.3. The van der Waals surface area contributed by atoms with Gasteiger partial charge in [-0.1, -0.05) is 6.07 Å². The van der Waals surface area contributed by atoms with Crippen LogP contribution in [0.2, 0.25) is 0 Å². The van der Waals surface area contributed by atoms with Crippen molar-refractivity contribution in [2.24, 2.45) is 5.73 Å². The second-order valence-corrected chi connectivity index (χ2v) is 5.80. The lowest BCUT2D eigenvalue weighted by Gasteiger charge is -2.08. The number of imidazole rings is 1. The van der Waals surface area contributed by atoms with Crippen LogP contribution in [0.25, 0.3) is 22.5 Å². The van der Waals surface area contributed by atoms with Gasteiger partial charge < -0.3 is 16.5 Å². The van der Waals surface area contributed by atoms with E-state index in [1.807, 2.05) is 6.07 Å². The molecule has 26 heavy (non-hydrogen) atoms. The molecule has 4 N–H and O–H groups in total. The normalized spacial score (nSPS) is 12.0. The summed E-state index contributed by atoms with van der Waals surface area (Å²) in [6, 6.07) is 8.06. The number of aromatic nitrogens is 2. The molecule has 0 aliphatic heterocycles. The summed E-state index contributed by atoms with van der Waals surface area (Å²) in [6.45, 7) is 1.73. The van der Waals surface area contributed by atoms with Crippen LogP contribution < -0.4 is 11.1 Å². The number of hydrogen-bond donors (Lipinski definition) is 3. The molecule has 0 radical (unpaired) electrons. The number of nitrogens with zero attached hydrogens (tertiary/aromatic N) is 2. The van der Waals surface area contributed by atoms with Gasteiger partial charge in [0.05, 0.1) is 17.5 Å². The van der Waals surface area contributed by atoms with Crippen LogP contribution in [-0.4, -0.2) is 28.6 Å². The van der Waals surface area contributed by atoms with E-state index < -0.39 is 11.7 Å². The van der Waals surface area contributed by atoms with Crippen LogP contribution in [0.5, 0.6) is 0 Å². The Bertz CT molecular complexity index is 1050. The monoisotopic (exact) mass is 351 g/mol. The molecule has 0 saturated carbocycles. The number of pyridine rings is 1. The van der Waals surface area contributed by atoms with E-state index in [1.165, 1.54) is 25.4 Å². The molecule has 2 heterocycles. The zero-order chi connectivity index (χ0) is 18.8. The largest absolute Gasteiger partial charge is 0.402 e. The van der Waals surface area contributed by atoms with Gasteiger partial charge in [0.15, 0.2) is 0 Å². The third kappa shape index (κ3) is 2.95. The number of carbonyl (C=O) groups is 1. The smallest absolute Gasteiger partial charge is 0.253 e. The van der Waals surface area contributed by atoms with Crippen molar-refractivity contribution in [2.75, 3.05) is 7.05 Å². The number of allylic oxidation sites excluding steroid dienone is 2. The summed E-state index contributed by atoms with van der Waals surface area (Å²) in [5, 5.41) is 9.96. The summed E-state index contributed by atoms with van der Waals surface area (Å²) in [5.74, 6) is -1.08. The van der Waals surface area contributed by atoms with E-state index in [0.29, 0.717) is 28.2 Å². The number of nitrogens with one attached hydrogen (secondary N) is 2. The van der Waals surface area contributed by atoms with E-state index >= 15 is 0 Å². The first-order valence-electron chi connectivity index (χ1n) is 7.92. The van der Waals surface area contributed by atoms with Crippen molar-refractivity contribution >= 4 is 23.3 Å². The molecule has 0 aliphatic carbocycles. The zero-order valence-corrected chi connectivity index (χ0v) is 14.4. The first kappa shape index (κ1) is 17.3. The molecule has 6 nitrogen and oxygen atoms in total. The molecule has 132 valence electrons. The Labute approximate surface area is 149 Å². The van der Waals surface area contributed by atoms with Crippen LogP contribution in [0.4, 0.5) is 4.39 Å². The summed E-state index contributed by atoms with van der Waals surface area (Å²) in [5.41, 5.74) is 9.66. The van der Waals surface area contributed by atoms with Crippen molar-refractivity contribution < 1.29 is 9.18 Å². The number of hydrogen-bond acceptors (Lipinski definition) is 4. The summed E-state index contributed by atoms with van der Waals surface area (Å²) in [7, 11) is 1.45. The molecule has 3 rings (SSSR count). The highest BCUT2D eigenvalue weighted by Gasteiger charge is 2.14. The minimum atomic E-state index is -0.606. The molecule has 0 unspecified atom stereocenters. The molecule has 0 spiro atoms. The van der Waals surface area contributed by atoms with E-state index in [9.17, 15) is 9.18 Å². The zero-order valence-electron chi connectivity index (χ0n) is 14.4. The van der Waals surface area contributed by atoms with Gasteiger partial charge in [0.2, 0.25) is 0 Å². The summed E-state index contributed by atoms with van der Waals surface area (Å²) < 4.78 is 16.1. The molecule has 3 aromatic rings. The third-order valence-electron chi connectivity index (χ3n) is 4.12. The van der Waals surface area contributed by atoms with E-state index in [-0.39, 0.29) is 5.56 Å². The van der Waals surface area contributed by atoms with Crippen molar-refractivity contribution in [1.82, 2.24) is 14.7 Å². The molecule has 0 saturated heterocycles.